The van der Waals surface area contributed by atoms with Crippen molar-refractivity contribution in [2.45, 2.75) is 13.3 Å². The summed E-state index contributed by atoms with van der Waals surface area (Å²) >= 11 is 1.35. The highest BCUT2D eigenvalue weighted by molar-refractivity contribution is 7.99. The van der Waals surface area contributed by atoms with E-state index in [4.69, 9.17) is 0 Å². The van der Waals surface area contributed by atoms with Crippen molar-refractivity contribution < 1.29 is 22.7 Å². The normalized spacial score (nSPS) is 11.3. The summed E-state index contributed by atoms with van der Waals surface area (Å²) in [5.41, 5.74) is -0.0363. The van der Waals surface area contributed by atoms with E-state index < -0.39 is 12.1 Å². The van der Waals surface area contributed by atoms with Crippen LogP contribution in [-0.2, 0) is 0 Å². The molecule has 17 heavy (non-hydrogen) atoms. The number of hydrogen-bond donors (Lipinski definition) is 0. The Kier molecular flexibility index (Phi) is 4.86. The number of ketones is 1. The first-order chi connectivity index (χ1) is 7.94. The predicted molar refractivity (Wildman–Crippen MR) is 60.5 cm³/mol. The van der Waals surface area contributed by atoms with Gasteiger partial charge in [0.2, 0.25) is 0 Å². The topological polar surface area (TPSA) is 26.3 Å². The van der Waals surface area contributed by atoms with Gasteiger partial charge >= 0.3 is 6.36 Å². The van der Waals surface area contributed by atoms with E-state index in [0.29, 0.717) is 0 Å². The van der Waals surface area contributed by atoms with Gasteiger partial charge in [-0.25, -0.2) is 0 Å². The second-order valence-corrected chi connectivity index (χ2v) is 4.38. The number of hydrogen-bond acceptors (Lipinski definition) is 3. The smallest absolute Gasteiger partial charge is 0.405 e. The van der Waals surface area contributed by atoms with E-state index in [0.717, 1.165) is 11.8 Å². The lowest BCUT2D eigenvalue weighted by molar-refractivity contribution is -0.274. The van der Waals surface area contributed by atoms with Crippen LogP contribution in [0.3, 0.4) is 0 Å². The van der Waals surface area contributed by atoms with Gasteiger partial charge in [-0.05, 0) is 17.9 Å². The fraction of sp³-hybridized carbons (Fsp3) is 0.364. The first-order valence-electron chi connectivity index (χ1n) is 4.89. The molecule has 0 amide bonds. The van der Waals surface area contributed by atoms with Crippen molar-refractivity contribution >= 4 is 17.5 Å². The second kappa shape index (κ2) is 5.95. The Morgan fingerprint density at radius 2 is 2.00 bits per heavy atom. The van der Waals surface area contributed by atoms with E-state index in [2.05, 4.69) is 4.74 Å². The number of Topliss-reactive ketones (excluding diaryl/α,β-unsaturated/α-hetero) is 1. The summed E-state index contributed by atoms with van der Waals surface area (Å²) in [6.45, 7) is 1.87. The van der Waals surface area contributed by atoms with E-state index in [1.54, 1.807) is 0 Å². The molecule has 0 bridgehead atoms. The summed E-state index contributed by atoms with van der Waals surface area (Å²) in [5, 5.41) is 0. The lowest BCUT2D eigenvalue weighted by Gasteiger charge is -2.12. The summed E-state index contributed by atoms with van der Waals surface area (Å²) in [5.74, 6) is 0.0707. The van der Waals surface area contributed by atoms with E-state index in [1.807, 2.05) is 6.92 Å². The molecular weight excluding hydrogens is 253 g/mol. The van der Waals surface area contributed by atoms with Crippen molar-refractivity contribution in [1.29, 1.82) is 0 Å². The molecule has 2 nitrogen and oxygen atoms in total. The van der Waals surface area contributed by atoms with Gasteiger partial charge in [0.05, 0.1) is 11.3 Å². The summed E-state index contributed by atoms with van der Waals surface area (Å²) in [6.07, 6.45) is -4.78. The number of rotatable bonds is 5. The number of thioether (sulfide) groups is 1. The third kappa shape index (κ3) is 4.68. The minimum atomic E-state index is -4.78. The maximum atomic E-state index is 12.1. The lowest BCUT2D eigenvalue weighted by Crippen LogP contribution is -2.19. The van der Waals surface area contributed by atoms with E-state index >= 15 is 0 Å². The number of alkyl halides is 3. The highest BCUT2D eigenvalue weighted by atomic mass is 32.2. The highest BCUT2D eigenvalue weighted by Gasteiger charge is 2.32. The molecule has 94 valence electrons. The maximum Gasteiger partial charge on any atom is 0.573 e. The molecule has 0 fully saturated rings. The Labute approximate surface area is 101 Å². The molecule has 0 spiro atoms. The van der Waals surface area contributed by atoms with Gasteiger partial charge < -0.3 is 4.74 Å². The molecule has 1 rings (SSSR count). The number of halogens is 3. The second-order valence-electron chi connectivity index (χ2n) is 3.10. The molecule has 0 aromatic heterocycles. The van der Waals surface area contributed by atoms with Crippen LogP contribution in [0.15, 0.2) is 24.3 Å². The molecule has 0 atom stereocenters. The molecule has 0 radical (unpaired) electrons. The number of para-hydroxylation sites is 1. The lowest BCUT2D eigenvalue weighted by atomic mass is 10.1. The van der Waals surface area contributed by atoms with Crippen LogP contribution in [0.1, 0.15) is 17.3 Å². The minimum absolute atomic E-state index is 0.0363. The van der Waals surface area contributed by atoms with Crippen molar-refractivity contribution in [3.63, 3.8) is 0 Å². The molecule has 1 aromatic rings. The Hall–Kier alpha value is -1.17. The maximum absolute atomic E-state index is 12.1. The molecule has 0 saturated carbocycles. The van der Waals surface area contributed by atoms with Crippen molar-refractivity contribution in [3.8, 4) is 5.75 Å². The summed E-state index contributed by atoms with van der Waals surface area (Å²) in [6, 6.07) is 5.37. The average Bonchev–Trinajstić information content (AvgIpc) is 2.24. The molecule has 0 N–H and O–H groups in total. The van der Waals surface area contributed by atoms with Gasteiger partial charge in [0.25, 0.3) is 0 Å². The van der Waals surface area contributed by atoms with Gasteiger partial charge in [0, 0.05) is 0 Å². The fourth-order valence-electron chi connectivity index (χ4n) is 1.18. The third-order valence-electron chi connectivity index (χ3n) is 1.85. The van der Waals surface area contributed by atoms with Crippen LogP contribution in [0.4, 0.5) is 13.2 Å². The van der Waals surface area contributed by atoms with Crippen molar-refractivity contribution in [2.24, 2.45) is 0 Å². The summed E-state index contributed by atoms with van der Waals surface area (Å²) < 4.78 is 40.1. The molecular formula is C11H11F3O2S. The van der Waals surface area contributed by atoms with Crippen LogP contribution < -0.4 is 4.74 Å². The summed E-state index contributed by atoms with van der Waals surface area (Å²) in [4.78, 5) is 11.6. The van der Waals surface area contributed by atoms with Gasteiger partial charge in [-0.15, -0.1) is 13.2 Å². The predicted octanol–water partition coefficient (Wildman–Crippen LogP) is 3.52. The molecule has 0 aliphatic carbocycles. The van der Waals surface area contributed by atoms with Gasteiger partial charge in [0.1, 0.15) is 5.75 Å². The average molecular weight is 264 g/mol. The Bertz CT molecular complexity index is 391. The number of carbonyl (C=O) groups is 1. The number of ether oxygens (including phenoxy) is 1. The summed E-state index contributed by atoms with van der Waals surface area (Å²) in [7, 11) is 0. The van der Waals surface area contributed by atoms with Crippen molar-refractivity contribution in [2.75, 3.05) is 11.5 Å². The number of benzene rings is 1. The molecule has 1 aromatic carbocycles. The van der Waals surface area contributed by atoms with Crippen LogP contribution in [0.5, 0.6) is 5.75 Å². The Balaban J connectivity index is 2.88. The number of carbonyl (C=O) groups excluding carboxylic acids is 1. The SMILES string of the molecule is CCSCC(=O)c1ccccc1OC(F)(F)F. The Morgan fingerprint density at radius 1 is 1.35 bits per heavy atom. The van der Waals surface area contributed by atoms with E-state index in [9.17, 15) is 18.0 Å². The third-order valence-corrected chi connectivity index (χ3v) is 2.72. The van der Waals surface area contributed by atoms with Crippen LogP contribution in [0.25, 0.3) is 0 Å². The van der Waals surface area contributed by atoms with Gasteiger partial charge in [-0.3, -0.25) is 4.79 Å². The van der Waals surface area contributed by atoms with E-state index in [1.165, 1.54) is 30.0 Å². The van der Waals surface area contributed by atoms with Crippen molar-refractivity contribution in [1.82, 2.24) is 0 Å². The van der Waals surface area contributed by atoms with Crippen LogP contribution >= 0.6 is 11.8 Å². The van der Waals surface area contributed by atoms with Crippen LogP contribution in [0, 0.1) is 0 Å². The molecule has 0 heterocycles. The first kappa shape index (κ1) is 13.9. The molecule has 6 heteroatoms. The standard InChI is InChI=1S/C11H11F3O2S/c1-2-17-7-9(15)8-5-3-4-6-10(8)16-11(12,13)14/h3-6H,2,7H2,1H3. The molecule has 0 aliphatic heterocycles. The monoisotopic (exact) mass is 264 g/mol. The van der Waals surface area contributed by atoms with Gasteiger partial charge in [-0.2, -0.15) is 11.8 Å². The van der Waals surface area contributed by atoms with Crippen LogP contribution in [-0.4, -0.2) is 23.7 Å². The van der Waals surface area contributed by atoms with Crippen LogP contribution in [0.2, 0.25) is 0 Å². The van der Waals surface area contributed by atoms with Crippen molar-refractivity contribution in [3.05, 3.63) is 29.8 Å². The highest BCUT2D eigenvalue weighted by Crippen LogP contribution is 2.27. The molecule has 0 saturated heterocycles. The van der Waals surface area contributed by atoms with Gasteiger partial charge in [-0.1, -0.05) is 19.1 Å². The Morgan fingerprint density at radius 3 is 2.59 bits per heavy atom. The molecule has 0 aliphatic rings. The first-order valence-corrected chi connectivity index (χ1v) is 6.05. The zero-order chi connectivity index (χ0) is 12.9. The van der Waals surface area contributed by atoms with Gasteiger partial charge in [0.15, 0.2) is 5.78 Å². The quantitative estimate of drug-likeness (QED) is 0.761. The largest absolute Gasteiger partial charge is 0.573 e. The minimum Gasteiger partial charge on any atom is -0.405 e. The fourth-order valence-corrected chi connectivity index (χ4v) is 1.73. The zero-order valence-electron chi connectivity index (χ0n) is 9.08. The van der Waals surface area contributed by atoms with E-state index in [-0.39, 0.29) is 17.1 Å². The zero-order valence-corrected chi connectivity index (χ0v) is 9.90. The molecule has 0 unspecified atom stereocenters.